The molecule has 2 N–H and O–H groups in total. The average molecular weight is 182 g/mol. The van der Waals surface area contributed by atoms with Gasteiger partial charge in [0.25, 0.3) is 0 Å². The molecule has 4 nitrogen and oxygen atoms in total. The Balaban J connectivity index is 2.64. The molecule has 0 bridgehead atoms. The minimum absolute atomic E-state index is 0.184. The predicted octanol–water partition coefficient (Wildman–Crippen LogP) is 1.46. The minimum Gasteiger partial charge on any atom is -0.446 e. The third kappa shape index (κ3) is 2.31. The van der Waals surface area contributed by atoms with Crippen LogP contribution in [-0.2, 0) is 4.74 Å². The Morgan fingerprint density at radius 2 is 2.46 bits per heavy atom. The molecule has 0 aliphatic carbocycles. The molecule has 1 aliphatic heterocycles. The molecule has 0 spiro atoms. The summed E-state index contributed by atoms with van der Waals surface area (Å²) in [5, 5.41) is 0. The molecule has 72 valence electrons. The normalized spacial score (nSPS) is 28.5. The van der Waals surface area contributed by atoms with Crippen molar-refractivity contribution in [3.63, 3.8) is 0 Å². The number of carbonyl (C=O) groups excluding carboxylic acids is 1. The number of amides is 1. The molecule has 1 rings (SSSR count). The quantitative estimate of drug-likeness (QED) is 0.702. The van der Waals surface area contributed by atoms with Crippen LogP contribution in [0.1, 0.15) is 20.3 Å². The number of hydrogen-bond acceptors (Lipinski definition) is 3. The van der Waals surface area contributed by atoms with Crippen molar-refractivity contribution in [3.8, 4) is 0 Å². The highest BCUT2D eigenvalue weighted by atomic mass is 16.6. The van der Waals surface area contributed by atoms with Crippen LogP contribution in [0.3, 0.4) is 0 Å². The van der Waals surface area contributed by atoms with Crippen molar-refractivity contribution in [2.45, 2.75) is 26.4 Å². The molecular formula is C9H14N2O2. The summed E-state index contributed by atoms with van der Waals surface area (Å²) in [6.45, 7) is 3.83. The lowest BCUT2D eigenvalue weighted by atomic mass is 9.81. The monoisotopic (exact) mass is 182 g/mol. The van der Waals surface area contributed by atoms with E-state index in [0.29, 0.717) is 0 Å². The average Bonchev–Trinajstić information content (AvgIpc) is 2.04. The first kappa shape index (κ1) is 9.77. The van der Waals surface area contributed by atoms with Crippen LogP contribution in [0.4, 0.5) is 4.79 Å². The van der Waals surface area contributed by atoms with E-state index < -0.39 is 6.09 Å². The van der Waals surface area contributed by atoms with Gasteiger partial charge in [0, 0.05) is 17.8 Å². The van der Waals surface area contributed by atoms with Gasteiger partial charge in [-0.25, -0.2) is 4.79 Å². The van der Waals surface area contributed by atoms with Crippen LogP contribution >= 0.6 is 0 Å². The zero-order valence-corrected chi connectivity index (χ0v) is 7.86. The highest BCUT2D eigenvalue weighted by Gasteiger charge is 2.31. The van der Waals surface area contributed by atoms with Crippen molar-refractivity contribution in [2.24, 2.45) is 16.1 Å². The van der Waals surface area contributed by atoms with E-state index in [1.807, 2.05) is 19.9 Å². The van der Waals surface area contributed by atoms with Gasteiger partial charge in [-0.15, -0.1) is 0 Å². The summed E-state index contributed by atoms with van der Waals surface area (Å²) in [4.78, 5) is 14.5. The summed E-state index contributed by atoms with van der Waals surface area (Å²) < 4.78 is 4.92. The van der Waals surface area contributed by atoms with E-state index in [-0.39, 0.29) is 11.5 Å². The second-order valence-electron chi connectivity index (χ2n) is 3.44. The zero-order chi connectivity index (χ0) is 9.90. The number of nitrogens with two attached hydrogens (primary N) is 1. The van der Waals surface area contributed by atoms with E-state index in [4.69, 9.17) is 10.5 Å². The van der Waals surface area contributed by atoms with Gasteiger partial charge >= 0.3 is 6.09 Å². The Morgan fingerprint density at radius 3 is 2.92 bits per heavy atom. The lowest BCUT2D eigenvalue weighted by molar-refractivity contribution is 0.0578. The molecule has 1 heterocycles. The van der Waals surface area contributed by atoms with Crippen molar-refractivity contribution < 1.29 is 9.53 Å². The van der Waals surface area contributed by atoms with E-state index in [9.17, 15) is 4.79 Å². The van der Waals surface area contributed by atoms with Gasteiger partial charge in [0.05, 0.1) is 0 Å². The maximum absolute atomic E-state index is 10.5. The van der Waals surface area contributed by atoms with E-state index in [2.05, 4.69) is 4.99 Å². The summed E-state index contributed by atoms with van der Waals surface area (Å²) in [5.74, 6) is 0. The third-order valence-electron chi connectivity index (χ3n) is 2.40. The van der Waals surface area contributed by atoms with Crippen LogP contribution in [0.5, 0.6) is 0 Å². The molecule has 0 saturated heterocycles. The summed E-state index contributed by atoms with van der Waals surface area (Å²) in [6, 6.07) is 0. The van der Waals surface area contributed by atoms with Crippen molar-refractivity contribution >= 4 is 12.3 Å². The van der Waals surface area contributed by atoms with Crippen LogP contribution in [0, 0.1) is 5.41 Å². The number of hydrogen-bond donors (Lipinski definition) is 1. The molecule has 1 amide bonds. The van der Waals surface area contributed by atoms with E-state index >= 15 is 0 Å². The summed E-state index contributed by atoms with van der Waals surface area (Å²) in [5.41, 5.74) is 4.76. The maximum Gasteiger partial charge on any atom is 0.404 e. The topological polar surface area (TPSA) is 64.7 Å². The van der Waals surface area contributed by atoms with Gasteiger partial charge in [-0.3, -0.25) is 4.99 Å². The van der Waals surface area contributed by atoms with Gasteiger partial charge in [0.1, 0.15) is 6.10 Å². The first-order valence-electron chi connectivity index (χ1n) is 4.20. The van der Waals surface area contributed by atoms with Crippen LogP contribution in [-0.4, -0.2) is 18.4 Å². The number of ether oxygens (including phenoxy) is 1. The molecule has 0 aromatic carbocycles. The number of carbonyl (C=O) groups is 1. The van der Waals surface area contributed by atoms with E-state index in [0.717, 1.165) is 6.42 Å². The van der Waals surface area contributed by atoms with Crippen LogP contribution in [0.15, 0.2) is 17.3 Å². The molecule has 2 atom stereocenters. The Labute approximate surface area is 77.5 Å². The van der Waals surface area contributed by atoms with Gasteiger partial charge in [-0.1, -0.05) is 13.0 Å². The predicted molar refractivity (Wildman–Crippen MR) is 50.5 cm³/mol. The summed E-state index contributed by atoms with van der Waals surface area (Å²) in [7, 11) is 0. The lowest BCUT2D eigenvalue weighted by Crippen LogP contribution is -2.35. The zero-order valence-electron chi connectivity index (χ0n) is 7.86. The first-order chi connectivity index (χ1) is 6.04. The molecule has 0 radical (unpaired) electrons. The highest BCUT2D eigenvalue weighted by molar-refractivity contribution is 5.65. The Morgan fingerprint density at radius 1 is 1.77 bits per heavy atom. The molecule has 0 aromatic heterocycles. The standard InChI is InChI=1S/C9H14N2O2/c1-7(13-8(10)12)9(2)3-5-11-6-4-9/h3,5-7H,4H2,1-2H3,(H2,10,12). The third-order valence-corrected chi connectivity index (χ3v) is 2.40. The van der Waals surface area contributed by atoms with E-state index in [1.165, 1.54) is 0 Å². The number of nitrogens with zero attached hydrogens (tertiary/aromatic N) is 1. The van der Waals surface area contributed by atoms with Gasteiger partial charge in [0.15, 0.2) is 0 Å². The van der Waals surface area contributed by atoms with Gasteiger partial charge < -0.3 is 10.5 Å². The molecular weight excluding hydrogens is 168 g/mol. The smallest absolute Gasteiger partial charge is 0.404 e. The molecule has 13 heavy (non-hydrogen) atoms. The molecule has 0 saturated carbocycles. The fraction of sp³-hybridized carbons (Fsp3) is 0.556. The summed E-state index contributed by atoms with van der Waals surface area (Å²) >= 11 is 0. The molecule has 4 heteroatoms. The second kappa shape index (κ2) is 3.60. The molecule has 1 aliphatic rings. The lowest BCUT2D eigenvalue weighted by Gasteiger charge is -2.31. The number of rotatable bonds is 2. The largest absolute Gasteiger partial charge is 0.446 e. The first-order valence-corrected chi connectivity index (χ1v) is 4.20. The Bertz CT molecular complexity index is 260. The minimum atomic E-state index is -0.732. The Kier molecular flexibility index (Phi) is 2.70. The molecule has 2 unspecified atom stereocenters. The molecule has 0 fully saturated rings. The second-order valence-corrected chi connectivity index (χ2v) is 3.44. The van der Waals surface area contributed by atoms with Crippen LogP contribution in [0.25, 0.3) is 0 Å². The maximum atomic E-state index is 10.5. The van der Waals surface area contributed by atoms with Gasteiger partial charge in [0.2, 0.25) is 0 Å². The Hall–Kier alpha value is -1.32. The van der Waals surface area contributed by atoms with Crippen molar-refractivity contribution in [2.75, 3.05) is 0 Å². The van der Waals surface area contributed by atoms with E-state index in [1.54, 1.807) is 12.4 Å². The SMILES string of the molecule is CC(OC(N)=O)C1(C)C=CN=CC1. The fourth-order valence-electron chi connectivity index (χ4n) is 1.20. The van der Waals surface area contributed by atoms with Gasteiger partial charge in [-0.05, 0) is 13.3 Å². The molecule has 0 aromatic rings. The van der Waals surface area contributed by atoms with Crippen LogP contribution < -0.4 is 5.73 Å². The van der Waals surface area contributed by atoms with Crippen molar-refractivity contribution in [1.29, 1.82) is 0 Å². The fourth-order valence-corrected chi connectivity index (χ4v) is 1.20. The van der Waals surface area contributed by atoms with Crippen LogP contribution in [0.2, 0.25) is 0 Å². The number of primary amides is 1. The van der Waals surface area contributed by atoms with Crippen molar-refractivity contribution in [3.05, 3.63) is 12.3 Å². The van der Waals surface area contributed by atoms with Gasteiger partial charge in [-0.2, -0.15) is 0 Å². The highest BCUT2D eigenvalue weighted by Crippen LogP contribution is 2.30. The number of aliphatic imine (C=N–C) groups is 1. The summed E-state index contributed by atoms with van der Waals surface area (Å²) in [6.07, 6.45) is 5.25. The van der Waals surface area contributed by atoms with Crippen molar-refractivity contribution in [1.82, 2.24) is 0 Å².